The van der Waals surface area contributed by atoms with Crippen molar-refractivity contribution in [2.24, 2.45) is 4.99 Å². The summed E-state index contributed by atoms with van der Waals surface area (Å²) >= 11 is 1.17. The summed E-state index contributed by atoms with van der Waals surface area (Å²) in [6.07, 6.45) is 1.63. The summed E-state index contributed by atoms with van der Waals surface area (Å²) in [7, 11) is 0. The Morgan fingerprint density at radius 3 is 2.18 bits per heavy atom. The second-order valence-electron chi connectivity index (χ2n) is 9.06. The van der Waals surface area contributed by atoms with E-state index in [2.05, 4.69) is 0 Å². The lowest BCUT2D eigenvalue weighted by atomic mass is 10.1. The number of halogens is 1. The molecule has 1 saturated heterocycles. The highest BCUT2D eigenvalue weighted by Crippen LogP contribution is 2.40. The van der Waals surface area contributed by atoms with E-state index in [4.69, 9.17) is 13.8 Å². The van der Waals surface area contributed by atoms with Gasteiger partial charge < -0.3 is 8.83 Å². The van der Waals surface area contributed by atoms with Crippen LogP contribution in [-0.4, -0.2) is 11.1 Å². The fourth-order valence-electron chi connectivity index (χ4n) is 4.38. The number of rotatable bonds is 3. The molecule has 0 saturated carbocycles. The molecular weight excluding hydrogens is 519 g/mol. The van der Waals surface area contributed by atoms with Gasteiger partial charge in [-0.3, -0.25) is 9.69 Å². The van der Waals surface area contributed by atoms with Crippen molar-refractivity contribution in [1.29, 1.82) is 0 Å². The van der Waals surface area contributed by atoms with Gasteiger partial charge >= 0.3 is 11.3 Å². The summed E-state index contributed by atoms with van der Waals surface area (Å²) in [4.78, 5) is 43.9. The quantitative estimate of drug-likeness (QED) is 0.193. The molecule has 0 aliphatic carbocycles. The molecule has 1 fully saturated rings. The summed E-state index contributed by atoms with van der Waals surface area (Å²) in [5.74, 6) is -0.733. The van der Waals surface area contributed by atoms with Crippen molar-refractivity contribution in [1.82, 2.24) is 0 Å². The van der Waals surface area contributed by atoms with Crippen LogP contribution in [0.25, 0.3) is 28.0 Å². The van der Waals surface area contributed by atoms with Crippen molar-refractivity contribution >= 4 is 62.2 Å². The van der Waals surface area contributed by atoms with Crippen molar-refractivity contribution in [3.8, 4) is 0 Å². The number of aryl methyl sites for hydroxylation is 2. The lowest BCUT2D eigenvalue weighted by molar-refractivity contribution is -0.113. The zero-order valence-electron chi connectivity index (χ0n) is 20.7. The predicted molar refractivity (Wildman–Crippen MR) is 151 cm³/mol. The number of hydrogen-bond acceptors (Lipinski definition) is 7. The third kappa shape index (κ3) is 4.68. The van der Waals surface area contributed by atoms with Crippen molar-refractivity contribution < 1.29 is 18.0 Å². The van der Waals surface area contributed by atoms with Crippen LogP contribution in [0, 0.1) is 19.7 Å². The third-order valence-corrected chi connectivity index (χ3v) is 7.25. The number of carbonyl (C=O) groups excluding carboxylic acids is 1. The van der Waals surface area contributed by atoms with Gasteiger partial charge in [0.2, 0.25) is 0 Å². The van der Waals surface area contributed by atoms with Gasteiger partial charge in [-0.1, -0.05) is 12.1 Å². The number of thioether (sulfide) groups is 1. The number of amides is 1. The monoisotopic (exact) mass is 538 g/mol. The molecule has 1 amide bonds. The van der Waals surface area contributed by atoms with E-state index >= 15 is 0 Å². The molecule has 0 radical (unpaired) electrons. The van der Waals surface area contributed by atoms with Crippen molar-refractivity contribution in [3.63, 3.8) is 0 Å². The minimum atomic E-state index is -0.465. The number of benzene rings is 3. The fourth-order valence-corrected chi connectivity index (χ4v) is 5.37. The number of hydrogen-bond donors (Lipinski definition) is 0. The number of aliphatic imine (C=N–C) groups is 1. The van der Waals surface area contributed by atoms with Gasteiger partial charge in [0, 0.05) is 22.9 Å². The van der Waals surface area contributed by atoms with Crippen LogP contribution in [0.1, 0.15) is 16.7 Å². The van der Waals surface area contributed by atoms with Crippen LogP contribution in [0.5, 0.6) is 0 Å². The van der Waals surface area contributed by atoms with Crippen LogP contribution in [-0.2, 0) is 4.79 Å². The molecule has 7 nitrogen and oxygen atoms in total. The maximum atomic E-state index is 13.9. The lowest BCUT2D eigenvalue weighted by Gasteiger charge is -2.19. The van der Waals surface area contributed by atoms with Gasteiger partial charge in [0.05, 0.1) is 16.3 Å². The normalized spacial score (nSPS) is 15.8. The van der Waals surface area contributed by atoms with Crippen molar-refractivity contribution in [2.45, 2.75) is 13.8 Å². The van der Waals surface area contributed by atoms with E-state index in [-0.39, 0.29) is 5.91 Å². The molecule has 0 atom stereocenters. The molecule has 3 heterocycles. The predicted octanol–water partition coefficient (Wildman–Crippen LogP) is 6.46. The SMILES string of the molecule is Cc1cc2oc(=O)ccc2cc1N=C1S/C(=C\c2cccc(F)c2)C(=O)N1c1cc2ccc(=O)oc2cc1C. The number of amidine groups is 1. The molecule has 2 aromatic heterocycles. The molecule has 9 heteroatoms. The van der Waals surface area contributed by atoms with Gasteiger partial charge in [0.1, 0.15) is 17.0 Å². The highest BCUT2D eigenvalue weighted by molar-refractivity contribution is 8.19. The van der Waals surface area contributed by atoms with E-state index in [9.17, 15) is 18.8 Å². The van der Waals surface area contributed by atoms with E-state index in [1.807, 2.05) is 13.8 Å². The molecule has 0 spiro atoms. The van der Waals surface area contributed by atoms with Crippen LogP contribution in [0.3, 0.4) is 0 Å². The number of anilines is 1. The van der Waals surface area contributed by atoms with E-state index in [0.29, 0.717) is 54.5 Å². The van der Waals surface area contributed by atoms with Gasteiger partial charge in [0.15, 0.2) is 5.17 Å². The minimum Gasteiger partial charge on any atom is -0.423 e. The molecule has 39 heavy (non-hydrogen) atoms. The highest BCUT2D eigenvalue weighted by Gasteiger charge is 2.36. The molecule has 1 aliphatic rings. The summed E-state index contributed by atoms with van der Waals surface area (Å²) < 4.78 is 24.5. The van der Waals surface area contributed by atoms with E-state index in [1.165, 1.54) is 40.9 Å². The summed E-state index contributed by atoms with van der Waals surface area (Å²) in [5, 5.41) is 1.72. The van der Waals surface area contributed by atoms with Crippen LogP contribution in [0.15, 0.2) is 101 Å². The standard InChI is InChI=1S/C30H19FN2O5S/c1-16-10-24-19(6-8-27(34)37-24)14-22(16)32-30-33(23-15-20-7-9-28(35)38-25(20)11-17(23)2)29(36)26(39-30)13-18-4-3-5-21(31)12-18/h3-15H,1-2H3/b26-13-,32-30?. The third-order valence-electron chi connectivity index (χ3n) is 6.29. The van der Waals surface area contributed by atoms with Crippen LogP contribution in [0.4, 0.5) is 15.8 Å². The fraction of sp³-hybridized carbons (Fsp3) is 0.0667. The minimum absolute atomic E-state index is 0.327. The zero-order chi connectivity index (χ0) is 27.3. The first kappa shape index (κ1) is 24.6. The first-order chi connectivity index (χ1) is 18.7. The van der Waals surface area contributed by atoms with E-state index in [1.54, 1.807) is 54.6 Å². The average molecular weight is 539 g/mol. The first-order valence-corrected chi connectivity index (χ1v) is 12.7. The Morgan fingerprint density at radius 1 is 0.821 bits per heavy atom. The van der Waals surface area contributed by atoms with E-state index < -0.39 is 17.1 Å². The summed E-state index contributed by atoms with van der Waals surface area (Å²) in [6.45, 7) is 3.65. The number of fused-ring (bicyclic) bond motifs is 2. The molecule has 5 aromatic rings. The van der Waals surface area contributed by atoms with Gasteiger partial charge in [-0.05, 0) is 96.9 Å². The Hall–Kier alpha value is -4.76. The molecule has 0 N–H and O–H groups in total. The second kappa shape index (κ2) is 9.52. The van der Waals surface area contributed by atoms with Crippen molar-refractivity contribution in [3.05, 3.63) is 121 Å². The lowest BCUT2D eigenvalue weighted by Crippen LogP contribution is -2.29. The summed E-state index contributed by atoms with van der Waals surface area (Å²) in [5.41, 5.74) is 3.08. The summed E-state index contributed by atoms with van der Waals surface area (Å²) in [6, 6.07) is 18.9. The average Bonchev–Trinajstić information content (AvgIpc) is 3.18. The maximum Gasteiger partial charge on any atom is 0.336 e. The van der Waals surface area contributed by atoms with Gasteiger partial charge in [-0.2, -0.15) is 0 Å². The molecule has 6 rings (SSSR count). The Kier molecular flexibility index (Phi) is 6.00. The van der Waals surface area contributed by atoms with Gasteiger partial charge in [0.25, 0.3) is 5.91 Å². The van der Waals surface area contributed by atoms with E-state index in [0.717, 1.165) is 5.56 Å². The first-order valence-electron chi connectivity index (χ1n) is 11.9. The molecular formula is C30H19FN2O5S. The molecule has 3 aromatic carbocycles. The number of carbonyl (C=O) groups is 1. The largest absolute Gasteiger partial charge is 0.423 e. The van der Waals surface area contributed by atoms with Gasteiger partial charge in [-0.25, -0.2) is 19.0 Å². The van der Waals surface area contributed by atoms with Crippen LogP contribution in [0.2, 0.25) is 0 Å². The Morgan fingerprint density at radius 2 is 1.49 bits per heavy atom. The topological polar surface area (TPSA) is 93.1 Å². The smallest absolute Gasteiger partial charge is 0.336 e. The number of nitrogens with zero attached hydrogens (tertiary/aromatic N) is 2. The maximum absolute atomic E-state index is 13.9. The van der Waals surface area contributed by atoms with Gasteiger partial charge in [-0.15, -0.1) is 0 Å². The highest BCUT2D eigenvalue weighted by atomic mass is 32.2. The molecule has 192 valence electrons. The molecule has 0 bridgehead atoms. The Bertz CT molecular complexity index is 2010. The van der Waals surface area contributed by atoms with Crippen LogP contribution >= 0.6 is 11.8 Å². The van der Waals surface area contributed by atoms with Crippen LogP contribution < -0.4 is 16.2 Å². The Balaban J connectivity index is 1.53. The molecule has 1 aliphatic heterocycles. The molecule has 0 unspecified atom stereocenters. The zero-order valence-corrected chi connectivity index (χ0v) is 21.5. The van der Waals surface area contributed by atoms with Crippen molar-refractivity contribution in [2.75, 3.05) is 4.90 Å². The Labute approximate surface area is 224 Å². The second-order valence-corrected chi connectivity index (χ2v) is 10.1.